The number of hydrogen-bond donors (Lipinski definition) is 2. The largest absolute Gasteiger partial charge is 0.390 e. The van der Waals surface area contributed by atoms with Crippen molar-refractivity contribution in [1.29, 1.82) is 0 Å². The second-order valence-corrected chi connectivity index (χ2v) is 7.14. The van der Waals surface area contributed by atoms with Crippen LogP contribution in [-0.2, 0) is 23.7 Å². The zero-order chi connectivity index (χ0) is 14.0. The molecule has 0 radical (unpaired) electrons. The first-order valence-electron chi connectivity index (χ1n) is 6.72. The first-order chi connectivity index (χ1) is 8.94. The van der Waals surface area contributed by atoms with Crippen molar-refractivity contribution >= 4 is 10.0 Å². The Morgan fingerprint density at radius 1 is 1.42 bits per heavy atom. The van der Waals surface area contributed by atoms with E-state index in [1.807, 2.05) is 0 Å². The molecule has 2 rings (SSSR count). The fraction of sp³-hybridized carbons (Fsp3) is 0.692. The molecule has 0 bridgehead atoms. The molecule has 19 heavy (non-hydrogen) atoms. The van der Waals surface area contributed by atoms with Crippen LogP contribution in [0.5, 0.6) is 0 Å². The fourth-order valence-corrected chi connectivity index (χ4v) is 4.11. The molecule has 5 nitrogen and oxygen atoms in total. The van der Waals surface area contributed by atoms with Gasteiger partial charge in [0.25, 0.3) is 0 Å². The van der Waals surface area contributed by atoms with E-state index < -0.39 is 10.0 Å². The highest BCUT2D eigenvalue weighted by Crippen LogP contribution is 2.25. The van der Waals surface area contributed by atoms with E-state index in [0.29, 0.717) is 11.6 Å². The number of aromatic nitrogens is 1. The third-order valence-corrected chi connectivity index (χ3v) is 5.43. The van der Waals surface area contributed by atoms with Crippen LogP contribution in [0.25, 0.3) is 0 Å². The predicted octanol–water partition coefficient (Wildman–Crippen LogP) is 1.37. The van der Waals surface area contributed by atoms with Crippen LogP contribution in [0.3, 0.4) is 0 Å². The van der Waals surface area contributed by atoms with Gasteiger partial charge in [0.05, 0.1) is 11.5 Å². The van der Waals surface area contributed by atoms with Gasteiger partial charge < -0.3 is 9.67 Å². The van der Waals surface area contributed by atoms with Gasteiger partial charge in [-0.15, -0.1) is 0 Å². The van der Waals surface area contributed by atoms with Crippen LogP contribution >= 0.6 is 0 Å². The molecule has 6 heteroatoms. The van der Waals surface area contributed by atoms with Gasteiger partial charge in [0.2, 0.25) is 10.0 Å². The van der Waals surface area contributed by atoms with E-state index in [1.165, 1.54) is 12.5 Å². The van der Waals surface area contributed by atoms with Gasteiger partial charge in [-0.3, -0.25) is 0 Å². The van der Waals surface area contributed by atoms with Crippen LogP contribution in [0.1, 0.15) is 38.3 Å². The molecule has 1 aromatic rings. The SMILES string of the molecule is CC1CCCCC1NS(=O)(=O)c1cc(CO)n(C)c1. The van der Waals surface area contributed by atoms with E-state index in [0.717, 1.165) is 19.3 Å². The number of nitrogens with one attached hydrogen (secondary N) is 1. The summed E-state index contributed by atoms with van der Waals surface area (Å²) in [5.41, 5.74) is 0.595. The maximum absolute atomic E-state index is 12.3. The summed E-state index contributed by atoms with van der Waals surface area (Å²) < 4.78 is 29.1. The van der Waals surface area contributed by atoms with Crippen molar-refractivity contribution in [2.24, 2.45) is 13.0 Å². The average molecular weight is 286 g/mol. The Hall–Kier alpha value is -0.850. The molecule has 0 spiro atoms. The van der Waals surface area contributed by atoms with Crippen LogP contribution in [0.15, 0.2) is 17.2 Å². The second-order valence-electron chi connectivity index (χ2n) is 5.43. The highest BCUT2D eigenvalue weighted by molar-refractivity contribution is 7.89. The molecule has 0 aromatic carbocycles. The Morgan fingerprint density at radius 2 is 2.11 bits per heavy atom. The Kier molecular flexibility index (Phi) is 4.32. The van der Waals surface area contributed by atoms with Crippen LogP contribution in [0, 0.1) is 5.92 Å². The lowest BCUT2D eigenvalue weighted by Gasteiger charge is -2.29. The Balaban J connectivity index is 2.17. The van der Waals surface area contributed by atoms with Gasteiger partial charge >= 0.3 is 0 Å². The number of aliphatic hydroxyl groups is 1. The van der Waals surface area contributed by atoms with Gasteiger partial charge in [0.15, 0.2) is 0 Å². The van der Waals surface area contributed by atoms with Crippen LogP contribution < -0.4 is 4.72 Å². The zero-order valence-electron chi connectivity index (χ0n) is 11.5. The monoisotopic (exact) mass is 286 g/mol. The molecule has 108 valence electrons. The van der Waals surface area contributed by atoms with Gasteiger partial charge in [-0.05, 0) is 24.8 Å². The van der Waals surface area contributed by atoms with E-state index in [1.54, 1.807) is 17.8 Å². The van der Waals surface area contributed by atoms with Crippen molar-refractivity contribution in [3.63, 3.8) is 0 Å². The van der Waals surface area contributed by atoms with Gasteiger partial charge in [0.1, 0.15) is 0 Å². The normalized spacial score (nSPS) is 24.6. The minimum Gasteiger partial charge on any atom is -0.390 e. The molecular weight excluding hydrogens is 264 g/mol. The summed E-state index contributed by atoms with van der Waals surface area (Å²) in [6, 6.07) is 1.55. The maximum atomic E-state index is 12.3. The fourth-order valence-electron chi connectivity index (χ4n) is 2.64. The first-order valence-corrected chi connectivity index (χ1v) is 8.21. The lowest BCUT2D eigenvalue weighted by Crippen LogP contribution is -2.40. The summed E-state index contributed by atoms with van der Waals surface area (Å²) in [7, 11) is -1.76. The van der Waals surface area contributed by atoms with Crippen molar-refractivity contribution in [3.05, 3.63) is 18.0 Å². The van der Waals surface area contributed by atoms with E-state index in [-0.39, 0.29) is 17.5 Å². The molecule has 1 aromatic heterocycles. The molecule has 2 atom stereocenters. The Bertz CT molecular complexity index is 536. The standard InChI is InChI=1S/C13H22N2O3S/c1-10-5-3-4-6-13(10)14-19(17,18)12-7-11(9-16)15(2)8-12/h7-8,10,13-14,16H,3-6,9H2,1-2H3. The van der Waals surface area contributed by atoms with Crippen molar-refractivity contribution in [1.82, 2.24) is 9.29 Å². The first kappa shape index (κ1) is 14.6. The van der Waals surface area contributed by atoms with Gasteiger partial charge in [0, 0.05) is 25.0 Å². The highest BCUT2D eigenvalue weighted by Gasteiger charge is 2.27. The Morgan fingerprint density at radius 3 is 2.68 bits per heavy atom. The molecule has 1 fully saturated rings. The van der Waals surface area contributed by atoms with Crippen LogP contribution in [0.2, 0.25) is 0 Å². The molecule has 0 saturated heterocycles. The number of nitrogens with zero attached hydrogens (tertiary/aromatic N) is 1. The average Bonchev–Trinajstić information content (AvgIpc) is 2.74. The molecule has 2 unspecified atom stereocenters. The van der Waals surface area contributed by atoms with Crippen molar-refractivity contribution in [2.75, 3.05) is 0 Å². The number of sulfonamides is 1. The predicted molar refractivity (Wildman–Crippen MR) is 73.1 cm³/mol. The number of hydrogen-bond acceptors (Lipinski definition) is 3. The van der Waals surface area contributed by atoms with Crippen molar-refractivity contribution < 1.29 is 13.5 Å². The highest BCUT2D eigenvalue weighted by atomic mass is 32.2. The van der Waals surface area contributed by atoms with E-state index in [4.69, 9.17) is 5.11 Å². The molecule has 1 aliphatic carbocycles. The minimum atomic E-state index is -3.49. The lowest BCUT2D eigenvalue weighted by molar-refractivity contribution is 0.272. The van der Waals surface area contributed by atoms with Gasteiger partial charge in [-0.25, -0.2) is 13.1 Å². The number of rotatable bonds is 4. The zero-order valence-corrected chi connectivity index (χ0v) is 12.3. The van der Waals surface area contributed by atoms with Gasteiger partial charge in [-0.1, -0.05) is 19.8 Å². The molecule has 2 N–H and O–H groups in total. The molecule has 1 heterocycles. The van der Waals surface area contributed by atoms with E-state index >= 15 is 0 Å². The quantitative estimate of drug-likeness (QED) is 0.878. The van der Waals surface area contributed by atoms with E-state index in [2.05, 4.69) is 11.6 Å². The molecule has 1 aliphatic rings. The van der Waals surface area contributed by atoms with Crippen molar-refractivity contribution in [3.8, 4) is 0 Å². The molecule has 0 amide bonds. The third kappa shape index (κ3) is 3.19. The lowest BCUT2D eigenvalue weighted by atomic mass is 9.87. The second kappa shape index (κ2) is 5.64. The maximum Gasteiger partial charge on any atom is 0.242 e. The number of aryl methyl sites for hydroxylation is 1. The summed E-state index contributed by atoms with van der Waals surface area (Å²) in [4.78, 5) is 0.233. The molecular formula is C13H22N2O3S. The summed E-state index contributed by atoms with van der Waals surface area (Å²) in [6.45, 7) is 1.93. The van der Waals surface area contributed by atoms with E-state index in [9.17, 15) is 8.42 Å². The Labute approximate surface area is 114 Å². The number of aliphatic hydroxyl groups excluding tert-OH is 1. The third-order valence-electron chi connectivity index (χ3n) is 3.97. The summed E-state index contributed by atoms with van der Waals surface area (Å²) in [5, 5.41) is 9.12. The topological polar surface area (TPSA) is 71.3 Å². The summed E-state index contributed by atoms with van der Waals surface area (Å²) >= 11 is 0. The summed E-state index contributed by atoms with van der Waals surface area (Å²) in [5.74, 6) is 0.379. The smallest absolute Gasteiger partial charge is 0.242 e. The summed E-state index contributed by atoms with van der Waals surface area (Å²) in [6.07, 6.45) is 5.78. The molecule has 1 saturated carbocycles. The van der Waals surface area contributed by atoms with Crippen LogP contribution in [0.4, 0.5) is 0 Å². The van der Waals surface area contributed by atoms with Gasteiger partial charge in [-0.2, -0.15) is 0 Å². The van der Waals surface area contributed by atoms with Crippen molar-refractivity contribution in [2.45, 2.75) is 50.2 Å². The molecule has 0 aliphatic heterocycles. The van der Waals surface area contributed by atoms with Crippen LogP contribution in [-0.4, -0.2) is 24.1 Å². The minimum absolute atomic E-state index is 0.0246.